The van der Waals surface area contributed by atoms with Crippen LogP contribution < -0.4 is 5.32 Å². The molecule has 0 bridgehead atoms. The van der Waals surface area contributed by atoms with E-state index in [0.717, 1.165) is 12.1 Å². The molecule has 140 valence electrons. The SMILES string of the molecule is O=C(NCc1noc(-c2ccc(C(F)(F)F)cc2F)n1)c1ccccc1F. The van der Waals surface area contributed by atoms with E-state index in [-0.39, 0.29) is 29.4 Å². The number of hydrogen-bond acceptors (Lipinski definition) is 4. The quantitative estimate of drug-likeness (QED) is 0.693. The molecule has 3 rings (SSSR count). The van der Waals surface area contributed by atoms with Gasteiger partial charge in [-0.3, -0.25) is 4.79 Å². The highest BCUT2D eigenvalue weighted by molar-refractivity contribution is 5.94. The minimum Gasteiger partial charge on any atom is -0.345 e. The molecule has 1 N–H and O–H groups in total. The summed E-state index contributed by atoms with van der Waals surface area (Å²) < 4.78 is 69.9. The van der Waals surface area contributed by atoms with Crippen molar-refractivity contribution in [2.75, 3.05) is 0 Å². The minimum absolute atomic E-state index is 0.0611. The molecule has 0 saturated heterocycles. The van der Waals surface area contributed by atoms with Gasteiger partial charge < -0.3 is 9.84 Å². The van der Waals surface area contributed by atoms with E-state index in [9.17, 15) is 26.7 Å². The monoisotopic (exact) mass is 383 g/mol. The molecular weight excluding hydrogens is 373 g/mol. The van der Waals surface area contributed by atoms with Crippen LogP contribution in [0.3, 0.4) is 0 Å². The highest BCUT2D eigenvalue weighted by atomic mass is 19.4. The van der Waals surface area contributed by atoms with Gasteiger partial charge in [-0.15, -0.1) is 0 Å². The summed E-state index contributed by atoms with van der Waals surface area (Å²) in [6.07, 6.45) is -4.68. The number of nitrogens with zero attached hydrogens (tertiary/aromatic N) is 2. The fourth-order valence-corrected chi connectivity index (χ4v) is 2.20. The average Bonchev–Trinajstić information content (AvgIpc) is 3.08. The fourth-order valence-electron chi connectivity index (χ4n) is 2.20. The minimum atomic E-state index is -4.68. The van der Waals surface area contributed by atoms with Crippen LogP contribution >= 0.6 is 0 Å². The van der Waals surface area contributed by atoms with Gasteiger partial charge in [0, 0.05) is 0 Å². The zero-order valence-corrected chi connectivity index (χ0v) is 13.3. The third-order valence-electron chi connectivity index (χ3n) is 3.52. The molecule has 0 saturated carbocycles. The average molecular weight is 383 g/mol. The molecule has 5 nitrogen and oxygen atoms in total. The van der Waals surface area contributed by atoms with E-state index >= 15 is 0 Å². The van der Waals surface area contributed by atoms with E-state index in [1.54, 1.807) is 0 Å². The molecule has 10 heteroatoms. The number of alkyl halides is 3. The number of amides is 1. The van der Waals surface area contributed by atoms with Crippen molar-refractivity contribution in [3.8, 4) is 11.5 Å². The number of nitrogens with one attached hydrogen (secondary N) is 1. The standard InChI is InChI=1S/C17H10F5N3O2/c18-12-4-2-1-3-10(12)15(26)23-8-14-24-16(27-25-14)11-6-5-9(7-13(11)19)17(20,21)22/h1-7H,8H2,(H,23,26). The largest absolute Gasteiger partial charge is 0.416 e. The van der Waals surface area contributed by atoms with Crippen molar-refractivity contribution in [1.82, 2.24) is 15.5 Å². The second-order valence-electron chi connectivity index (χ2n) is 5.37. The summed E-state index contributed by atoms with van der Waals surface area (Å²) in [5.74, 6) is -3.03. The predicted molar refractivity (Wildman–Crippen MR) is 82.3 cm³/mol. The summed E-state index contributed by atoms with van der Waals surface area (Å²) in [7, 11) is 0. The zero-order valence-electron chi connectivity index (χ0n) is 13.3. The summed E-state index contributed by atoms with van der Waals surface area (Å²) in [6, 6.07) is 7.18. The van der Waals surface area contributed by atoms with Crippen LogP contribution in [-0.4, -0.2) is 16.0 Å². The van der Waals surface area contributed by atoms with Gasteiger partial charge in [0.15, 0.2) is 5.82 Å². The summed E-state index contributed by atoms with van der Waals surface area (Å²) in [4.78, 5) is 15.7. The topological polar surface area (TPSA) is 68.0 Å². The molecule has 3 aromatic rings. The van der Waals surface area contributed by atoms with Crippen LogP contribution in [0.5, 0.6) is 0 Å². The van der Waals surface area contributed by atoms with E-state index in [1.165, 1.54) is 18.2 Å². The first kappa shape index (κ1) is 18.5. The molecule has 0 unspecified atom stereocenters. The Morgan fingerprint density at radius 1 is 1.07 bits per heavy atom. The molecule has 0 aliphatic rings. The highest BCUT2D eigenvalue weighted by Crippen LogP contribution is 2.32. The number of benzene rings is 2. The van der Waals surface area contributed by atoms with Crippen molar-refractivity contribution in [3.05, 3.63) is 71.1 Å². The van der Waals surface area contributed by atoms with Crippen LogP contribution in [0.4, 0.5) is 22.0 Å². The first-order valence-corrected chi connectivity index (χ1v) is 7.48. The Morgan fingerprint density at radius 3 is 2.48 bits per heavy atom. The van der Waals surface area contributed by atoms with E-state index in [4.69, 9.17) is 4.52 Å². The lowest BCUT2D eigenvalue weighted by atomic mass is 10.1. The molecule has 0 radical (unpaired) electrons. The van der Waals surface area contributed by atoms with Crippen LogP contribution in [-0.2, 0) is 12.7 Å². The van der Waals surface area contributed by atoms with Crippen molar-refractivity contribution in [2.45, 2.75) is 12.7 Å². The second kappa shape index (κ2) is 7.14. The highest BCUT2D eigenvalue weighted by Gasteiger charge is 2.31. The zero-order chi connectivity index (χ0) is 19.6. The van der Waals surface area contributed by atoms with Gasteiger partial charge in [0.2, 0.25) is 0 Å². The van der Waals surface area contributed by atoms with Crippen molar-refractivity contribution in [2.24, 2.45) is 0 Å². The van der Waals surface area contributed by atoms with Crippen LogP contribution in [0, 0.1) is 11.6 Å². The maximum absolute atomic E-state index is 13.9. The normalized spacial score (nSPS) is 11.4. The van der Waals surface area contributed by atoms with Crippen molar-refractivity contribution < 1.29 is 31.3 Å². The first-order chi connectivity index (χ1) is 12.8. The van der Waals surface area contributed by atoms with Crippen LogP contribution in [0.15, 0.2) is 47.0 Å². The molecular formula is C17H10F5N3O2. The fraction of sp³-hybridized carbons (Fsp3) is 0.118. The van der Waals surface area contributed by atoms with E-state index in [1.807, 2.05) is 0 Å². The number of halogens is 5. The van der Waals surface area contributed by atoms with E-state index in [0.29, 0.717) is 12.1 Å². The molecule has 1 aromatic heterocycles. The Balaban J connectivity index is 1.72. The Labute approximate surface area is 148 Å². The molecule has 0 aliphatic heterocycles. The Bertz CT molecular complexity index is 985. The Kier molecular flexibility index (Phi) is 4.89. The Hall–Kier alpha value is -3.30. The smallest absolute Gasteiger partial charge is 0.345 e. The van der Waals surface area contributed by atoms with Crippen molar-refractivity contribution >= 4 is 5.91 Å². The van der Waals surface area contributed by atoms with E-state index in [2.05, 4.69) is 15.5 Å². The third kappa shape index (κ3) is 4.10. The van der Waals surface area contributed by atoms with Gasteiger partial charge in [-0.05, 0) is 30.3 Å². The molecule has 0 spiro atoms. The molecule has 1 amide bonds. The molecule has 1 heterocycles. The van der Waals surface area contributed by atoms with Gasteiger partial charge >= 0.3 is 6.18 Å². The van der Waals surface area contributed by atoms with Gasteiger partial charge in [0.1, 0.15) is 11.6 Å². The van der Waals surface area contributed by atoms with Gasteiger partial charge in [0.25, 0.3) is 11.8 Å². The lowest BCUT2D eigenvalue weighted by molar-refractivity contribution is -0.137. The lowest BCUT2D eigenvalue weighted by Crippen LogP contribution is -2.24. The summed E-state index contributed by atoms with van der Waals surface area (Å²) >= 11 is 0. The second-order valence-corrected chi connectivity index (χ2v) is 5.37. The maximum atomic E-state index is 13.9. The lowest BCUT2D eigenvalue weighted by Gasteiger charge is -2.07. The number of carbonyl (C=O) groups is 1. The summed E-state index contributed by atoms with van der Waals surface area (Å²) in [5.41, 5.74) is -1.65. The molecule has 2 aromatic carbocycles. The number of carbonyl (C=O) groups excluding carboxylic acids is 1. The van der Waals surface area contributed by atoms with Crippen molar-refractivity contribution in [3.63, 3.8) is 0 Å². The van der Waals surface area contributed by atoms with Crippen LogP contribution in [0.25, 0.3) is 11.5 Å². The summed E-state index contributed by atoms with van der Waals surface area (Å²) in [6.45, 7) is -0.251. The molecule has 0 aliphatic carbocycles. The number of rotatable bonds is 4. The maximum Gasteiger partial charge on any atom is 0.416 e. The predicted octanol–water partition coefficient (Wildman–Crippen LogP) is 3.96. The van der Waals surface area contributed by atoms with Gasteiger partial charge in [-0.1, -0.05) is 17.3 Å². The number of hydrogen-bond donors (Lipinski definition) is 1. The third-order valence-corrected chi connectivity index (χ3v) is 3.52. The van der Waals surface area contributed by atoms with E-state index < -0.39 is 29.3 Å². The van der Waals surface area contributed by atoms with Crippen LogP contribution in [0.2, 0.25) is 0 Å². The molecule has 0 fully saturated rings. The van der Waals surface area contributed by atoms with Crippen LogP contribution in [0.1, 0.15) is 21.7 Å². The van der Waals surface area contributed by atoms with Gasteiger partial charge in [-0.25, -0.2) is 8.78 Å². The molecule has 27 heavy (non-hydrogen) atoms. The Morgan fingerprint density at radius 2 is 1.81 bits per heavy atom. The summed E-state index contributed by atoms with van der Waals surface area (Å²) in [5, 5.41) is 5.87. The van der Waals surface area contributed by atoms with Gasteiger partial charge in [-0.2, -0.15) is 18.2 Å². The van der Waals surface area contributed by atoms with Crippen molar-refractivity contribution in [1.29, 1.82) is 0 Å². The number of aromatic nitrogens is 2. The van der Waals surface area contributed by atoms with Gasteiger partial charge in [0.05, 0.1) is 23.2 Å². The molecule has 0 atom stereocenters. The first-order valence-electron chi connectivity index (χ1n) is 7.48.